The Bertz CT molecular complexity index is 571. The molecular weight excluding hydrogens is 297 g/mol. The Hall–Kier alpha value is -1.69. The number of alkyl halides is 1. The van der Waals surface area contributed by atoms with E-state index in [1.165, 1.54) is 0 Å². The normalized spacial score (nSPS) is 25.0. The van der Waals surface area contributed by atoms with Crippen molar-refractivity contribution in [2.45, 2.75) is 59.5 Å². The lowest BCUT2D eigenvalue weighted by atomic mass is 9.93. The van der Waals surface area contributed by atoms with Crippen LogP contribution < -0.4 is 15.4 Å². The topological polar surface area (TPSA) is 63.2 Å². The molecule has 0 aromatic carbocycles. The molecule has 1 aromatic rings. The van der Waals surface area contributed by atoms with Gasteiger partial charge in [0.15, 0.2) is 12.4 Å². The largest absolute Gasteiger partial charge is 0.455 e. The minimum atomic E-state index is -1.34. The van der Waals surface area contributed by atoms with Crippen LogP contribution in [0.15, 0.2) is 12.3 Å². The van der Waals surface area contributed by atoms with Gasteiger partial charge in [-0.3, -0.25) is 10.1 Å². The molecule has 1 saturated heterocycles. The molecule has 1 unspecified atom stereocenters. The van der Waals surface area contributed by atoms with Crippen molar-refractivity contribution >= 4 is 5.91 Å². The van der Waals surface area contributed by atoms with Crippen LogP contribution in [0.25, 0.3) is 0 Å². The van der Waals surface area contributed by atoms with Gasteiger partial charge in [0, 0.05) is 23.7 Å². The lowest BCUT2D eigenvalue weighted by molar-refractivity contribution is -0.130. The van der Waals surface area contributed by atoms with Crippen LogP contribution in [-0.4, -0.2) is 35.9 Å². The van der Waals surface area contributed by atoms with Crippen LogP contribution in [0.2, 0.25) is 0 Å². The third-order valence-electron chi connectivity index (χ3n) is 3.88. The first-order chi connectivity index (χ1) is 10.7. The zero-order valence-corrected chi connectivity index (χ0v) is 14.4. The summed E-state index contributed by atoms with van der Waals surface area (Å²) in [5.41, 5.74) is 1.34. The van der Waals surface area contributed by atoms with Gasteiger partial charge in [0.2, 0.25) is 11.8 Å². The van der Waals surface area contributed by atoms with Crippen molar-refractivity contribution < 1.29 is 13.9 Å². The van der Waals surface area contributed by atoms with Gasteiger partial charge in [-0.25, -0.2) is 9.37 Å². The number of aryl methyl sites for hydroxylation is 2. The molecule has 1 aliphatic rings. The van der Waals surface area contributed by atoms with Gasteiger partial charge < -0.3 is 10.1 Å². The zero-order chi connectivity index (χ0) is 17.2. The monoisotopic (exact) mass is 323 g/mol. The highest BCUT2D eigenvalue weighted by atomic mass is 19.1. The lowest BCUT2D eigenvalue weighted by Crippen LogP contribution is -2.59. The van der Waals surface area contributed by atoms with E-state index in [-0.39, 0.29) is 5.91 Å². The third kappa shape index (κ3) is 4.41. The van der Waals surface area contributed by atoms with Gasteiger partial charge in [-0.1, -0.05) is 20.8 Å². The molecule has 1 fully saturated rings. The number of piperidine rings is 1. The first kappa shape index (κ1) is 17.7. The summed E-state index contributed by atoms with van der Waals surface area (Å²) < 4.78 is 20.4. The van der Waals surface area contributed by atoms with Gasteiger partial charge in [-0.15, -0.1) is 0 Å². The number of nitrogens with one attached hydrogen (secondary N) is 2. The molecule has 0 saturated carbocycles. The number of rotatable bonds is 3. The van der Waals surface area contributed by atoms with Crippen LogP contribution in [-0.2, 0) is 4.79 Å². The Kier molecular flexibility index (Phi) is 5.24. The van der Waals surface area contributed by atoms with Crippen LogP contribution in [0.1, 0.15) is 38.3 Å². The first-order valence-electron chi connectivity index (χ1n) is 7.97. The first-order valence-corrected chi connectivity index (χ1v) is 7.97. The molecule has 2 N–H and O–H groups in total. The number of hydrogen-bond acceptors (Lipinski definition) is 4. The summed E-state index contributed by atoms with van der Waals surface area (Å²) >= 11 is 0. The lowest BCUT2D eigenvalue weighted by Gasteiger charge is -2.35. The predicted molar refractivity (Wildman–Crippen MR) is 87.0 cm³/mol. The van der Waals surface area contributed by atoms with E-state index in [1.54, 1.807) is 6.20 Å². The number of nitrogens with zero attached hydrogens (tertiary/aromatic N) is 1. The summed E-state index contributed by atoms with van der Waals surface area (Å²) in [6, 6.07) is 1.38. The maximum atomic E-state index is 14.7. The summed E-state index contributed by atoms with van der Waals surface area (Å²) in [6.45, 7) is 9.83. The average Bonchev–Trinajstić information content (AvgIpc) is 2.44. The van der Waals surface area contributed by atoms with E-state index in [9.17, 15) is 9.18 Å². The Labute approximate surface area is 137 Å². The van der Waals surface area contributed by atoms with Gasteiger partial charge in [0.1, 0.15) is 0 Å². The average molecular weight is 323 g/mol. The van der Waals surface area contributed by atoms with Gasteiger partial charge in [-0.05, 0) is 31.9 Å². The minimum Gasteiger partial charge on any atom is -0.455 e. The van der Waals surface area contributed by atoms with Crippen LogP contribution in [0, 0.1) is 19.3 Å². The number of carbonyl (C=O) groups excluding carboxylic acids is 1. The molecule has 0 spiro atoms. The highest BCUT2D eigenvalue weighted by molar-refractivity contribution is 5.81. The van der Waals surface area contributed by atoms with E-state index in [0.29, 0.717) is 18.8 Å². The molecule has 128 valence electrons. The number of aromatic nitrogens is 1. The van der Waals surface area contributed by atoms with Crippen molar-refractivity contribution in [3.05, 3.63) is 23.4 Å². The number of ether oxygens (including phenoxy) is 1. The highest BCUT2D eigenvalue weighted by Gasteiger charge is 2.37. The number of hydrogen-bond donors (Lipinski definition) is 2. The Balaban J connectivity index is 2.04. The number of pyridine rings is 1. The molecule has 6 heteroatoms. The number of amides is 1. The van der Waals surface area contributed by atoms with Gasteiger partial charge in [-0.2, -0.15) is 0 Å². The predicted octanol–water partition coefficient (Wildman–Crippen LogP) is 2.27. The summed E-state index contributed by atoms with van der Waals surface area (Å²) in [6.07, 6.45) is 0.0703. The molecule has 23 heavy (non-hydrogen) atoms. The van der Waals surface area contributed by atoms with E-state index in [1.807, 2.05) is 40.7 Å². The van der Waals surface area contributed by atoms with E-state index < -0.39 is 23.9 Å². The Morgan fingerprint density at radius 3 is 2.74 bits per heavy atom. The molecular formula is C17H26FN3O2. The Morgan fingerprint density at radius 2 is 2.13 bits per heavy atom. The van der Waals surface area contributed by atoms with E-state index in [4.69, 9.17) is 4.74 Å². The fraction of sp³-hybridized carbons (Fsp3) is 0.647. The summed E-state index contributed by atoms with van der Waals surface area (Å²) in [4.78, 5) is 16.3. The SMILES string of the molecule is Cc1cnc(OC2NCC[C@H](NC(=O)C(C)(C)C)[C@@H]2F)c(C)c1. The van der Waals surface area contributed by atoms with Crippen molar-refractivity contribution in [3.8, 4) is 5.88 Å². The molecule has 2 rings (SSSR count). The molecule has 1 aromatic heterocycles. The molecule has 3 atom stereocenters. The molecule has 5 nitrogen and oxygen atoms in total. The van der Waals surface area contributed by atoms with E-state index in [2.05, 4.69) is 15.6 Å². The summed E-state index contributed by atoms with van der Waals surface area (Å²) in [7, 11) is 0. The van der Waals surface area contributed by atoms with Crippen molar-refractivity contribution in [1.29, 1.82) is 0 Å². The van der Waals surface area contributed by atoms with Crippen molar-refractivity contribution in [2.75, 3.05) is 6.54 Å². The Morgan fingerprint density at radius 1 is 1.43 bits per heavy atom. The zero-order valence-electron chi connectivity index (χ0n) is 14.4. The molecule has 1 aliphatic heterocycles. The summed E-state index contributed by atoms with van der Waals surface area (Å²) in [5, 5.41) is 5.81. The van der Waals surface area contributed by atoms with Crippen molar-refractivity contribution in [3.63, 3.8) is 0 Å². The van der Waals surface area contributed by atoms with Gasteiger partial charge in [0.05, 0.1) is 6.04 Å². The molecule has 0 bridgehead atoms. The summed E-state index contributed by atoms with van der Waals surface area (Å²) in [5.74, 6) is 0.258. The highest BCUT2D eigenvalue weighted by Crippen LogP contribution is 2.22. The van der Waals surface area contributed by atoms with Crippen molar-refractivity contribution in [2.24, 2.45) is 5.41 Å². The second-order valence-electron chi connectivity index (χ2n) is 7.19. The van der Waals surface area contributed by atoms with Crippen LogP contribution in [0.3, 0.4) is 0 Å². The molecule has 0 radical (unpaired) electrons. The maximum absolute atomic E-state index is 14.7. The third-order valence-corrected chi connectivity index (χ3v) is 3.88. The van der Waals surface area contributed by atoms with Crippen molar-refractivity contribution in [1.82, 2.24) is 15.6 Å². The number of halogens is 1. The molecule has 2 heterocycles. The van der Waals surface area contributed by atoms with Crippen LogP contribution >= 0.6 is 0 Å². The quantitative estimate of drug-likeness (QED) is 0.896. The smallest absolute Gasteiger partial charge is 0.225 e. The maximum Gasteiger partial charge on any atom is 0.225 e. The van der Waals surface area contributed by atoms with E-state index in [0.717, 1.165) is 11.1 Å². The number of carbonyl (C=O) groups is 1. The minimum absolute atomic E-state index is 0.157. The van der Waals surface area contributed by atoms with E-state index >= 15 is 0 Å². The standard InChI is InChI=1S/C17H26FN3O2/c1-10-8-11(2)14(20-9-10)23-15-13(18)12(6-7-19-15)21-16(22)17(3,4)5/h8-9,12-13,15,19H,6-7H2,1-5H3,(H,21,22)/t12-,13-,15?/m0/s1. The van der Waals surface area contributed by atoms with Gasteiger partial charge >= 0.3 is 0 Å². The van der Waals surface area contributed by atoms with Crippen LogP contribution in [0.5, 0.6) is 5.88 Å². The second-order valence-corrected chi connectivity index (χ2v) is 7.19. The van der Waals surface area contributed by atoms with Gasteiger partial charge in [0.25, 0.3) is 0 Å². The fourth-order valence-electron chi connectivity index (χ4n) is 2.45. The molecule has 0 aliphatic carbocycles. The molecule has 1 amide bonds. The fourth-order valence-corrected chi connectivity index (χ4v) is 2.45. The second kappa shape index (κ2) is 6.83. The van der Waals surface area contributed by atoms with Crippen LogP contribution in [0.4, 0.5) is 4.39 Å².